The van der Waals surface area contributed by atoms with E-state index in [1.807, 2.05) is 6.92 Å². The number of halogens is 2. The average molecular weight is 306 g/mol. The van der Waals surface area contributed by atoms with Crippen molar-refractivity contribution in [2.75, 3.05) is 13.1 Å². The molecule has 114 valence electrons. The fourth-order valence-corrected chi connectivity index (χ4v) is 3.71. The topological polar surface area (TPSA) is 63.4 Å². The molecule has 0 aliphatic rings. The van der Waals surface area contributed by atoms with Crippen molar-refractivity contribution in [3.05, 3.63) is 29.8 Å². The number of benzene rings is 1. The number of nitrogens with zero attached hydrogens (tertiary/aromatic N) is 1. The van der Waals surface area contributed by atoms with Crippen LogP contribution in [-0.2, 0) is 10.0 Å². The van der Waals surface area contributed by atoms with E-state index >= 15 is 0 Å². The Morgan fingerprint density at radius 1 is 1.25 bits per heavy atom. The first-order chi connectivity index (χ1) is 9.16. The summed E-state index contributed by atoms with van der Waals surface area (Å²) in [5.41, 5.74) is 4.82. The van der Waals surface area contributed by atoms with E-state index < -0.39 is 27.2 Å². The van der Waals surface area contributed by atoms with Crippen LogP contribution in [0.5, 0.6) is 0 Å². The molecule has 0 saturated carbocycles. The highest BCUT2D eigenvalue weighted by molar-refractivity contribution is 7.89. The van der Waals surface area contributed by atoms with Crippen molar-refractivity contribution in [3.8, 4) is 0 Å². The summed E-state index contributed by atoms with van der Waals surface area (Å²) in [6.07, 6.45) is 0.590. The van der Waals surface area contributed by atoms with Gasteiger partial charge >= 0.3 is 0 Å². The second-order valence-corrected chi connectivity index (χ2v) is 7.03. The van der Waals surface area contributed by atoms with Crippen LogP contribution in [-0.4, -0.2) is 31.4 Å². The van der Waals surface area contributed by atoms with Gasteiger partial charge < -0.3 is 5.73 Å². The highest BCUT2D eigenvalue weighted by atomic mass is 32.2. The molecular weight excluding hydrogens is 286 g/mol. The molecule has 2 N–H and O–H groups in total. The molecule has 1 aromatic carbocycles. The third kappa shape index (κ3) is 3.34. The highest BCUT2D eigenvalue weighted by Crippen LogP contribution is 2.25. The summed E-state index contributed by atoms with van der Waals surface area (Å²) in [7, 11) is -3.93. The van der Waals surface area contributed by atoms with Gasteiger partial charge in [0.05, 0.1) is 4.90 Å². The maximum atomic E-state index is 13.3. The van der Waals surface area contributed by atoms with Gasteiger partial charge in [-0.25, -0.2) is 17.2 Å². The predicted molar refractivity (Wildman–Crippen MR) is 73.7 cm³/mol. The lowest BCUT2D eigenvalue weighted by Gasteiger charge is -2.36. The van der Waals surface area contributed by atoms with E-state index in [0.717, 1.165) is 12.1 Å². The Morgan fingerprint density at radius 3 is 2.30 bits per heavy atom. The third-order valence-corrected chi connectivity index (χ3v) is 5.19. The number of sulfonamides is 1. The molecule has 0 aromatic heterocycles. The van der Waals surface area contributed by atoms with Gasteiger partial charge in [-0.15, -0.1) is 0 Å². The summed E-state index contributed by atoms with van der Waals surface area (Å²) in [5.74, 6) is -2.27. The van der Waals surface area contributed by atoms with Crippen molar-refractivity contribution in [3.63, 3.8) is 0 Å². The Kier molecular flexibility index (Phi) is 5.23. The van der Waals surface area contributed by atoms with Gasteiger partial charge in [0, 0.05) is 18.6 Å². The minimum atomic E-state index is -3.93. The van der Waals surface area contributed by atoms with Gasteiger partial charge in [0.15, 0.2) is 11.6 Å². The van der Waals surface area contributed by atoms with Crippen molar-refractivity contribution in [2.45, 2.75) is 37.6 Å². The van der Waals surface area contributed by atoms with E-state index in [2.05, 4.69) is 0 Å². The van der Waals surface area contributed by atoms with Crippen LogP contribution in [0.1, 0.15) is 27.2 Å². The van der Waals surface area contributed by atoms with Gasteiger partial charge in [-0.1, -0.05) is 6.92 Å². The summed E-state index contributed by atoms with van der Waals surface area (Å²) >= 11 is 0. The van der Waals surface area contributed by atoms with Gasteiger partial charge in [-0.05, 0) is 38.5 Å². The van der Waals surface area contributed by atoms with Crippen LogP contribution in [0.25, 0.3) is 0 Å². The Hall–Kier alpha value is -1.05. The average Bonchev–Trinajstić information content (AvgIpc) is 2.38. The van der Waals surface area contributed by atoms with Crippen molar-refractivity contribution >= 4 is 10.0 Å². The van der Waals surface area contributed by atoms with E-state index in [1.165, 1.54) is 4.31 Å². The predicted octanol–water partition coefficient (Wildman–Crippen LogP) is 2.10. The van der Waals surface area contributed by atoms with E-state index in [9.17, 15) is 17.2 Å². The van der Waals surface area contributed by atoms with Crippen LogP contribution in [0.4, 0.5) is 8.78 Å². The molecule has 7 heteroatoms. The summed E-state index contributed by atoms with van der Waals surface area (Å²) in [5, 5.41) is 0. The highest BCUT2D eigenvalue weighted by Gasteiger charge is 2.36. The molecule has 0 aliphatic heterocycles. The second kappa shape index (κ2) is 6.15. The molecule has 1 aromatic rings. The largest absolute Gasteiger partial charge is 0.329 e. The van der Waals surface area contributed by atoms with Crippen LogP contribution in [0.3, 0.4) is 0 Å². The fraction of sp³-hybridized carbons (Fsp3) is 0.538. The maximum Gasteiger partial charge on any atom is 0.243 e. The zero-order chi connectivity index (χ0) is 15.6. The number of rotatable bonds is 6. The second-order valence-electron chi connectivity index (χ2n) is 5.17. The van der Waals surface area contributed by atoms with Crippen LogP contribution in [0.2, 0.25) is 0 Å². The molecule has 1 rings (SSSR count). The standard InChI is InChI=1S/C13H20F2N2O2S/c1-4-7-17(13(2,3)9-16)20(18,19)10-5-6-11(14)12(15)8-10/h5-6,8H,4,7,9,16H2,1-3H3. The lowest BCUT2D eigenvalue weighted by Crippen LogP contribution is -2.52. The quantitative estimate of drug-likeness (QED) is 0.875. The third-order valence-electron chi connectivity index (χ3n) is 3.08. The van der Waals surface area contributed by atoms with Gasteiger partial charge in [0.25, 0.3) is 0 Å². The first-order valence-corrected chi connectivity index (χ1v) is 7.78. The number of hydrogen-bond acceptors (Lipinski definition) is 3. The smallest absolute Gasteiger partial charge is 0.243 e. The molecule has 0 heterocycles. The summed E-state index contributed by atoms with van der Waals surface area (Å²) < 4.78 is 52.6. The Balaban J connectivity index is 3.33. The summed E-state index contributed by atoms with van der Waals surface area (Å²) in [4.78, 5) is -0.272. The summed E-state index contributed by atoms with van der Waals surface area (Å²) in [6, 6.07) is 2.56. The van der Waals surface area contributed by atoms with Crippen molar-refractivity contribution in [2.24, 2.45) is 5.73 Å². The van der Waals surface area contributed by atoms with Crippen LogP contribution >= 0.6 is 0 Å². The van der Waals surface area contributed by atoms with Crippen LogP contribution < -0.4 is 5.73 Å². The Labute approximate surface area is 118 Å². The van der Waals surface area contributed by atoms with Crippen molar-refractivity contribution in [1.82, 2.24) is 4.31 Å². The molecule has 0 unspecified atom stereocenters. The summed E-state index contributed by atoms with van der Waals surface area (Å²) in [6.45, 7) is 5.60. The van der Waals surface area contributed by atoms with E-state index in [4.69, 9.17) is 5.73 Å². The first kappa shape index (κ1) is 17.0. The lowest BCUT2D eigenvalue weighted by molar-refractivity contribution is 0.235. The van der Waals surface area contributed by atoms with E-state index in [-0.39, 0.29) is 18.0 Å². The molecular formula is C13H20F2N2O2S. The van der Waals surface area contributed by atoms with E-state index in [1.54, 1.807) is 13.8 Å². The zero-order valence-electron chi connectivity index (χ0n) is 11.9. The fourth-order valence-electron chi connectivity index (χ4n) is 1.82. The molecule has 4 nitrogen and oxygen atoms in total. The number of nitrogens with two attached hydrogens (primary N) is 1. The van der Waals surface area contributed by atoms with Gasteiger partial charge in [0.2, 0.25) is 10.0 Å². The molecule has 0 atom stereocenters. The Bertz CT molecular complexity index is 574. The maximum absolute atomic E-state index is 13.3. The molecule has 0 amide bonds. The molecule has 0 bridgehead atoms. The Morgan fingerprint density at radius 2 is 1.85 bits per heavy atom. The lowest BCUT2D eigenvalue weighted by atomic mass is 10.1. The zero-order valence-corrected chi connectivity index (χ0v) is 12.7. The molecule has 0 fully saturated rings. The SMILES string of the molecule is CCCN(C(C)(C)CN)S(=O)(=O)c1ccc(F)c(F)c1. The van der Waals surface area contributed by atoms with E-state index in [0.29, 0.717) is 12.5 Å². The molecule has 0 spiro atoms. The molecule has 0 aliphatic carbocycles. The molecule has 0 radical (unpaired) electrons. The van der Waals surface area contributed by atoms with Gasteiger partial charge in [-0.2, -0.15) is 4.31 Å². The molecule has 0 saturated heterocycles. The van der Waals surface area contributed by atoms with Crippen LogP contribution in [0, 0.1) is 11.6 Å². The minimum Gasteiger partial charge on any atom is -0.329 e. The van der Waals surface area contributed by atoms with Gasteiger partial charge in [-0.3, -0.25) is 0 Å². The monoisotopic (exact) mass is 306 g/mol. The minimum absolute atomic E-state index is 0.121. The number of hydrogen-bond donors (Lipinski definition) is 1. The van der Waals surface area contributed by atoms with Crippen LogP contribution in [0.15, 0.2) is 23.1 Å². The van der Waals surface area contributed by atoms with Crippen molar-refractivity contribution < 1.29 is 17.2 Å². The van der Waals surface area contributed by atoms with Gasteiger partial charge in [0.1, 0.15) is 0 Å². The first-order valence-electron chi connectivity index (χ1n) is 6.34. The van der Waals surface area contributed by atoms with Crippen molar-refractivity contribution in [1.29, 1.82) is 0 Å². The normalized spacial score (nSPS) is 12.9. The molecule has 20 heavy (non-hydrogen) atoms.